The van der Waals surface area contributed by atoms with E-state index >= 15 is 0 Å². The quantitative estimate of drug-likeness (QED) is 0.814. The zero-order chi connectivity index (χ0) is 11.3. The monoisotopic (exact) mass is 207 g/mol. The molecule has 1 aromatic rings. The SMILES string of the molecule is CCCc1ccc(N(C)C(=O)CO)cc1. The molecule has 0 spiro atoms. The van der Waals surface area contributed by atoms with Gasteiger partial charge in [-0.25, -0.2) is 0 Å². The van der Waals surface area contributed by atoms with Crippen LogP contribution in [0.15, 0.2) is 24.3 Å². The Bertz CT molecular complexity index is 319. The van der Waals surface area contributed by atoms with Gasteiger partial charge in [0.2, 0.25) is 0 Å². The van der Waals surface area contributed by atoms with Crippen molar-refractivity contribution in [3.8, 4) is 0 Å². The summed E-state index contributed by atoms with van der Waals surface area (Å²) in [5.74, 6) is -0.293. The van der Waals surface area contributed by atoms with Crippen LogP contribution in [0.1, 0.15) is 18.9 Å². The lowest BCUT2D eigenvalue weighted by Crippen LogP contribution is -2.28. The maximum absolute atomic E-state index is 11.2. The first kappa shape index (κ1) is 11.7. The van der Waals surface area contributed by atoms with Gasteiger partial charge in [0, 0.05) is 12.7 Å². The number of amides is 1. The van der Waals surface area contributed by atoms with E-state index in [9.17, 15) is 4.79 Å². The Kier molecular flexibility index (Phi) is 4.31. The first-order valence-electron chi connectivity index (χ1n) is 5.15. The van der Waals surface area contributed by atoms with E-state index in [-0.39, 0.29) is 5.91 Å². The fourth-order valence-electron chi connectivity index (χ4n) is 1.42. The Labute approximate surface area is 90.3 Å². The maximum Gasteiger partial charge on any atom is 0.252 e. The first-order chi connectivity index (χ1) is 7.19. The predicted molar refractivity (Wildman–Crippen MR) is 60.9 cm³/mol. The molecular formula is C12H17NO2. The Balaban J connectivity index is 2.75. The van der Waals surface area contributed by atoms with Crippen molar-refractivity contribution in [1.29, 1.82) is 0 Å². The van der Waals surface area contributed by atoms with Gasteiger partial charge in [0.05, 0.1) is 0 Å². The molecule has 1 aromatic carbocycles. The van der Waals surface area contributed by atoms with E-state index in [2.05, 4.69) is 6.92 Å². The van der Waals surface area contributed by atoms with E-state index in [4.69, 9.17) is 5.11 Å². The molecule has 1 N–H and O–H groups in total. The van der Waals surface area contributed by atoms with Crippen molar-refractivity contribution in [2.75, 3.05) is 18.6 Å². The van der Waals surface area contributed by atoms with Gasteiger partial charge < -0.3 is 10.0 Å². The third kappa shape index (κ3) is 3.06. The summed E-state index contributed by atoms with van der Waals surface area (Å²) in [4.78, 5) is 12.7. The summed E-state index contributed by atoms with van der Waals surface area (Å²) in [5.41, 5.74) is 2.08. The molecule has 0 aliphatic carbocycles. The van der Waals surface area contributed by atoms with Gasteiger partial charge in [0.15, 0.2) is 0 Å². The minimum absolute atomic E-state index is 0.293. The fourth-order valence-corrected chi connectivity index (χ4v) is 1.42. The van der Waals surface area contributed by atoms with E-state index < -0.39 is 6.61 Å². The molecule has 0 bridgehead atoms. The van der Waals surface area contributed by atoms with Crippen molar-refractivity contribution < 1.29 is 9.90 Å². The number of benzene rings is 1. The molecule has 0 heterocycles. The van der Waals surface area contributed by atoms with Crippen LogP contribution >= 0.6 is 0 Å². The second-order valence-electron chi connectivity index (χ2n) is 3.53. The summed E-state index contributed by atoms with van der Waals surface area (Å²) in [6.07, 6.45) is 2.17. The van der Waals surface area contributed by atoms with E-state index in [1.54, 1.807) is 7.05 Å². The Morgan fingerprint density at radius 2 is 1.93 bits per heavy atom. The lowest BCUT2D eigenvalue weighted by atomic mass is 10.1. The number of hydrogen-bond donors (Lipinski definition) is 1. The second-order valence-corrected chi connectivity index (χ2v) is 3.53. The highest BCUT2D eigenvalue weighted by Gasteiger charge is 2.08. The van der Waals surface area contributed by atoms with Crippen molar-refractivity contribution in [2.24, 2.45) is 0 Å². The zero-order valence-electron chi connectivity index (χ0n) is 9.23. The van der Waals surface area contributed by atoms with Gasteiger partial charge in [-0.2, -0.15) is 0 Å². The average molecular weight is 207 g/mol. The minimum atomic E-state index is -0.451. The highest BCUT2D eigenvalue weighted by molar-refractivity contribution is 5.93. The highest BCUT2D eigenvalue weighted by atomic mass is 16.3. The molecule has 0 aromatic heterocycles. The number of anilines is 1. The number of aryl methyl sites for hydroxylation is 1. The van der Waals surface area contributed by atoms with Crippen LogP contribution < -0.4 is 4.90 Å². The molecular weight excluding hydrogens is 190 g/mol. The van der Waals surface area contributed by atoms with Crippen molar-refractivity contribution in [2.45, 2.75) is 19.8 Å². The van der Waals surface area contributed by atoms with Crippen LogP contribution in [0.3, 0.4) is 0 Å². The molecule has 0 atom stereocenters. The summed E-state index contributed by atoms with van der Waals surface area (Å²) in [6, 6.07) is 7.83. The number of nitrogens with zero attached hydrogens (tertiary/aromatic N) is 1. The molecule has 3 nitrogen and oxygen atoms in total. The Hall–Kier alpha value is -1.35. The molecule has 0 aliphatic heterocycles. The number of carbonyl (C=O) groups excluding carboxylic acids is 1. The molecule has 0 radical (unpaired) electrons. The van der Waals surface area contributed by atoms with Crippen molar-refractivity contribution >= 4 is 11.6 Å². The van der Waals surface area contributed by atoms with Gasteiger partial charge >= 0.3 is 0 Å². The summed E-state index contributed by atoms with van der Waals surface area (Å²) >= 11 is 0. The van der Waals surface area contributed by atoms with Crippen LogP contribution in [-0.2, 0) is 11.2 Å². The average Bonchev–Trinajstić information content (AvgIpc) is 2.28. The predicted octanol–water partition coefficient (Wildman–Crippen LogP) is 1.59. The molecule has 0 unspecified atom stereocenters. The zero-order valence-corrected chi connectivity index (χ0v) is 9.23. The molecule has 82 valence electrons. The summed E-state index contributed by atoms with van der Waals surface area (Å²) in [7, 11) is 1.66. The molecule has 0 aliphatic rings. The van der Waals surface area contributed by atoms with Gasteiger partial charge in [-0.15, -0.1) is 0 Å². The largest absolute Gasteiger partial charge is 0.387 e. The molecule has 3 heteroatoms. The van der Waals surface area contributed by atoms with Gasteiger partial charge in [0.1, 0.15) is 6.61 Å². The number of carbonyl (C=O) groups is 1. The third-order valence-electron chi connectivity index (χ3n) is 2.37. The molecule has 15 heavy (non-hydrogen) atoms. The minimum Gasteiger partial charge on any atom is -0.387 e. The van der Waals surface area contributed by atoms with Crippen molar-refractivity contribution in [1.82, 2.24) is 0 Å². The van der Waals surface area contributed by atoms with Crippen LogP contribution in [0.2, 0.25) is 0 Å². The highest BCUT2D eigenvalue weighted by Crippen LogP contribution is 2.14. The van der Waals surface area contributed by atoms with E-state index in [0.717, 1.165) is 18.5 Å². The normalized spacial score (nSPS) is 10.1. The first-order valence-corrected chi connectivity index (χ1v) is 5.15. The van der Waals surface area contributed by atoms with Crippen LogP contribution in [0.4, 0.5) is 5.69 Å². The maximum atomic E-state index is 11.2. The van der Waals surface area contributed by atoms with Gasteiger partial charge in [0.25, 0.3) is 5.91 Å². The molecule has 0 saturated heterocycles. The van der Waals surface area contributed by atoms with Crippen LogP contribution in [0, 0.1) is 0 Å². The number of aliphatic hydroxyl groups excluding tert-OH is 1. The lowest BCUT2D eigenvalue weighted by Gasteiger charge is -2.16. The van der Waals surface area contributed by atoms with Gasteiger partial charge in [-0.3, -0.25) is 4.79 Å². The molecule has 0 saturated carbocycles. The standard InChI is InChI=1S/C12H17NO2/c1-3-4-10-5-7-11(8-6-10)13(2)12(15)9-14/h5-8,14H,3-4,9H2,1-2H3. The summed E-state index contributed by atoms with van der Waals surface area (Å²) in [6.45, 7) is 1.68. The fraction of sp³-hybridized carbons (Fsp3) is 0.417. The third-order valence-corrected chi connectivity index (χ3v) is 2.37. The van der Waals surface area contributed by atoms with Crippen molar-refractivity contribution in [3.05, 3.63) is 29.8 Å². The topological polar surface area (TPSA) is 40.5 Å². The van der Waals surface area contributed by atoms with Crippen LogP contribution in [0.25, 0.3) is 0 Å². The number of hydrogen-bond acceptors (Lipinski definition) is 2. The number of aliphatic hydroxyl groups is 1. The molecule has 1 rings (SSSR count). The summed E-state index contributed by atoms with van der Waals surface area (Å²) in [5, 5.41) is 8.71. The van der Waals surface area contributed by atoms with E-state index in [0.29, 0.717) is 0 Å². The number of rotatable bonds is 4. The van der Waals surface area contributed by atoms with Gasteiger partial charge in [-0.1, -0.05) is 25.5 Å². The van der Waals surface area contributed by atoms with Crippen LogP contribution in [0.5, 0.6) is 0 Å². The van der Waals surface area contributed by atoms with Gasteiger partial charge in [-0.05, 0) is 24.1 Å². The Morgan fingerprint density at radius 3 is 2.40 bits per heavy atom. The smallest absolute Gasteiger partial charge is 0.252 e. The van der Waals surface area contributed by atoms with E-state index in [1.165, 1.54) is 10.5 Å². The van der Waals surface area contributed by atoms with Crippen LogP contribution in [-0.4, -0.2) is 24.7 Å². The van der Waals surface area contributed by atoms with Crippen molar-refractivity contribution in [3.63, 3.8) is 0 Å². The van der Waals surface area contributed by atoms with E-state index in [1.807, 2.05) is 24.3 Å². The molecule has 1 amide bonds. The number of likely N-dealkylation sites (N-methyl/N-ethyl adjacent to an activating group) is 1. The lowest BCUT2D eigenvalue weighted by molar-refractivity contribution is -0.120. The summed E-state index contributed by atoms with van der Waals surface area (Å²) < 4.78 is 0. The Morgan fingerprint density at radius 1 is 1.33 bits per heavy atom. The second kappa shape index (κ2) is 5.51. The molecule has 0 fully saturated rings.